The molecule has 6 heteroatoms. The van der Waals surface area contributed by atoms with Crippen molar-refractivity contribution >= 4 is 24.5 Å². The summed E-state index contributed by atoms with van der Waals surface area (Å²) in [5.74, 6) is 0. The van der Waals surface area contributed by atoms with Crippen molar-refractivity contribution in [1.82, 2.24) is 0 Å². The average Bonchev–Trinajstić information content (AvgIpc) is 2.15. The van der Waals surface area contributed by atoms with Gasteiger partial charge in [-0.3, -0.25) is 0 Å². The number of hydrogen-bond donors (Lipinski definition) is 2. The lowest BCUT2D eigenvalue weighted by molar-refractivity contribution is 0.256. The van der Waals surface area contributed by atoms with Gasteiger partial charge in [-0.25, -0.2) is 9.59 Å². The molecule has 4 amide bonds. The van der Waals surface area contributed by atoms with Crippen LogP contribution in [-0.4, -0.2) is 24.5 Å². The summed E-state index contributed by atoms with van der Waals surface area (Å²) in [4.78, 5) is 25.3. The summed E-state index contributed by atoms with van der Waals surface area (Å²) in [5.41, 5.74) is 8.50. The van der Waals surface area contributed by atoms with Crippen molar-refractivity contribution < 1.29 is 9.59 Å². The van der Waals surface area contributed by atoms with Gasteiger partial charge in [0, 0.05) is 0 Å². The number of aliphatic imine (C=N–C) groups is 2. The maximum atomic E-state index is 9.85. The van der Waals surface area contributed by atoms with Gasteiger partial charge in [0.1, 0.15) is 0 Å². The van der Waals surface area contributed by atoms with Crippen LogP contribution in [0.4, 0.5) is 9.59 Å². The zero-order valence-electron chi connectivity index (χ0n) is 5.02. The molecule has 6 nitrogen and oxygen atoms in total. The third-order valence-electron chi connectivity index (χ3n) is 0.437. The molecule has 1 aliphatic rings. The lowest BCUT2D eigenvalue weighted by atomic mass is 10.9. The van der Waals surface area contributed by atoms with E-state index in [4.69, 9.17) is 4.79 Å². The Kier molecular flexibility index (Phi) is 3.47. The predicted octanol–water partition coefficient (Wildman–Crippen LogP) is -0.715. The van der Waals surface area contributed by atoms with E-state index in [0.717, 1.165) is 0 Å². The summed E-state index contributed by atoms with van der Waals surface area (Å²) in [6.45, 7) is 0. The smallest absolute Gasteiger partial charge is 0.352 e. The first-order valence-electron chi connectivity index (χ1n) is 2.28. The van der Waals surface area contributed by atoms with E-state index in [-0.39, 0.29) is 0 Å². The topological polar surface area (TPSA) is 111 Å². The summed E-state index contributed by atoms with van der Waals surface area (Å²) in [6, 6.07) is -1.24. The number of urea groups is 2. The van der Waals surface area contributed by atoms with Gasteiger partial charge in [0.25, 0.3) is 0 Å². The van der Waals surface area contributed by atoms with E-state index in [9.17, 15) is 4.79 Å². The van der Waals surface area contributed by atoms with E-state index in [1.54, 1.807) is 0 Å². The molecule has 0 aromatic rings. The lowest BCUT2D eigenvalue weighted by Gasteiger charge is -1.62. The first kappa shape index (κ1) is 8.28. The maximum Gasteiger partial charge on any atom is 0.367 e. The quantitative estimate of drug-likeness (QED) is 0.465. The highest BCUT2D eigenvalue weighted by Gasteiger charge is 1.91. The molecule has 0 aromatic heterocycles. The summed E-state index contributed by atoms with van der Waals surface area (Å²) in [6.07, 6.45) is 2.73. The maximum absolute atomic E-state index is 9.85. The average molecular weight is 142 g/mol. The van der Waals surface area contributed by atoms with E-state index >= 15 is 0 Å². The van der Waals surface area contributed by atoms with Gasteiger partial charge in [-0.2, -0.15) is 9.98 Å². The van der Waals surface area contributed by atoms with Crippen molar-refractivity contribution in [3.8, 4) is 0 Å². The second kappa shape index (κ2) is 4.19. The van der Waals surface area contributed by atoms with Crippen LogP contribution in [0.15, 0.2) is 9.98 Å². The Morgan fingerprint density at radius 1 is 1.30 bits per heavy atom. The number of carbonyl (C=O) groups excluding carboxylic acids is 2. The van der Waals surface area contributed by atoms with Gasteiger partial charge in [-0.05, 0) is 0 Å². The van der Waals surface area contributed by atoms with Crippen molar-refractivity contribution in [2.24, 2.45) is 21.5 Å². The van der Waals surface area contributed by atoms with Gasteiger partial charge in [-0.15, -0.1) is 0 Å². The number of rotatable bonds is 0. The minimum absolute atomic E-state index is 0.407. The van der Waals surface area contributed by atoms with Gasteiger partial charge in [0.05, 0.1) is 12.4 Å². The second-order valence-electron chi connectivity index (χ2n) is 1.24. The van der Waals surface area contributed by atoms with Gasteiger partial charge < -0.3 is 11.5 Å². The number of nitrogens with two attached hydrogens (primary N) is 2. The highest BCUT2D eigenvalue weighted by molar-refractivity contribution is 6.25. The van der Waals surface area contributed by atoms with Crippen LogP contribution >= 0.6 is 0 Å². The number of carbonyl (C=O) groups is 2. The zero-order chi connectivity index (χ0) is 7.98. The Balaban J connectivity index is 0.000000180. The van der Waals surface area contributed by atoms with Gasteiger partial charge in [-0.1, -0.05) is 0 Å². The third-order valence-corrected chi connectivity index (χ3v) is 0.437. The number of primary amides is 2. The van der Waals surface area contributed by atoms with E-state index in [1.165, 1.54) is 12.4 Å². The van der Waals surface area contributed by atoms with Crippen molar-refractivity contribution in [3.63, 3.8) is 0 Å². The summed E-state index contributed by atoms with van der Waals surface area (Å²) in [7, 11) is 0. The van der Waals surface area contributed by atoms with Crippen molar-refractivity contribution in [3.05, 3.63) is 0 Å². The van der Waals surface area contributed by atoms with Gasteiger partial charge in [0.15, 0.2) is 0 Å². The van der Waals surface area contributed by atoms with E-state index < -0.39 is 12.1 Å². The zero-order valence-corrected chi connectivity index (χ0v) is 5.02. The molecule has 0 aliphatic carbocycles. The molecule has 1 rings (SSSR count). The minimum Gasteiger partial charge on any atom is -0.352 e. The van der Waals surface area contributed by atoms with Crippen LogP contribution in [0.5, 0.6) is 0 Å². The molecule has 0 saturated carbocycles. The fourth-order valence-electron chi connectivity index (χ4n) is 0.228. The van der Waals surface area contributed by atoms with E-state index in [0.29, 0.717) is 0 Å². The van der Waals surface area contributed by atoms with Gasteiger partial charge >= 0.3 is 12.1 Å². The molecule has 0 unspecified atom stereocenters. The van der Waals surface area contributed by atoms with Crippen molar-refractivity contribution in [2.75, 3.05) is 0 Å². The number of nitrogens with zero attached hydrogens (tertiary/aromatic N) is 2. The van der Waals surface area contributed by atoms with Crippen LogP contribution < -0.4 is 11.5 Å². The van der Waals surface area contributed by atoms with Crippen molar-refractivity contribution in [1.29, 1.82) is 0 Å². The van der Waals surface area contributed by atoms with Crippen LogP contribution in [-0.2, 0) is 0 Å². The summed E-state index contributed by atoms with van der Waals surface area (Å²) < 4.78 is 0. The Bertz CT molecular complexity index is 177. The molecule has 1 aliphatic heterocycles. The fraction of sp³-hybridized carbons (Fsp3) is 0. The molecular formula is C4H6N4O2. The second-order valence-corrected chi connectivity index (χ2v) is 1.24. The molecular weight excluding hydrogens is 136 g/mol. The number of hydrogen-bond acceptors (Lipinski definition) is 2. The Morgan fingerprint density at radius 2 is 1.60 bits per heavy atom. The minimum atomic E-state index is -0.833. The fourth-order valence-corrected chi connectivity index (χ4v) is 0.228. The first-order valence-corrected chi connectivity index (χ1v) is 2.28. The predicted molar refractivity (Wildman–Crippen MR) is 36.2 cm³/mol. The molecule has 4 N–H and O–H groups in total. The molecule has 0 spiro atoms. The lowest BCUT2D eigenvalue weighted by Crippen LogP contribution is -2.18. The van der Waals surface area contributed by atoms with Crippen molar-refractivity contribution in [2.45, 2.75) is 0 Å². The van der Waals surface area contributed by atoms with Crippen LogP contribution in [0.3, 0.4) is 0 Å². The molecule has 1 heterocycles. The standard InChI is InChI=1S/C3H2N2O.CH4N2O/c6-3-4-1-2-5-3;2-1(3)4/h1-2H;(H4,2,3,4). The molecule has 0 radical (unpaired) electrons. The Morgan fingerprint density at radius 3 is 1.70 bits per heavy atom. The molecule has 54 valence electrons. The Labute approximate surface area is 56.6 Å². The highest BCUT2D eigenvalue weighted by atomic mass is 16.2. The molecule has 0 atom stereocenters. The third kappa shape index (κ3) is 6.28. The van der Waals surface area contributed by atoms with Crippen LogP contribution in [0.2, 0.25) is 0 Å². The monoisotopic (exact) mass is 142 g/mol. The van der Waals surface area contributed by atoms with Crippen LogP contribution in [0, 0.1) is 0 Å². The number of amides is 4. The molecule has 0 aromatic carbocycles. The summed E-state index contributed by atoms with van der Waals surface area (Å²) in [5, 5.41) is 0. The summed E-state index contributed by atoms with van der Waals surface area (Å²) >= 11 is 0. The van der Waals surface area contributed by atoms with E-state index in [2.05, 4.69) is 21.5 Å². The van der Waals surface area contributed by atoms with Crippen LogP contribution in [0.25, 0.3) is 0 Å². The molecule has 0 fully saturated rings. The first-order chi connectivity index (χ1) is 4.63. The van der Waals surface area contributed by atoms with Crippen LogP contribution in [0.1, 0.15) is 0 Å². The Hall–Kier alpha value is -1.72. The van der Waals surface area contributed by atoms with E-state index in [1.807, 2.05) is 0 Å². The SMILES string of the molecule is NC(N)=O.O=C1N=CC=N1. The van der Waals surface area contributed by atoms with Gasteiger partial charge in [0.2, 0.25) is 0 Å². The largest absolute Gasteiger partial charge is 0.367 e. The molecule has 0 saturated heterocycles. The molecule has 0 bridgehead atoms. The molecule has 10 heavy (non-hydrogen) atoms. The normalized spacial score (nSPS) is 12.6. The highest BCUT2D eigenvalue weighted by Crippen LogP contribution is 1.81.